The highest BCUT2D eigenvalue weighted by atomic mass is 16.5. The molecule has 0 bridgehead atoms. The normalized spacial score (nSPS) is 11.6. The minimum absolute atomic E-state index is 0.0605. The fourth-order valence-corrected chi connectivity index (χ4v) is 3.61. The third-order valence-corrected chi connectivity index (χ3v) is 5.38. The average molecular weight is 448 g/mol. The van der Waals surface area contributed by atoms with Crippen molar-refractivity contribution in [3.63, 3.8) is 0 Å². The van der Waals surface area contributed by atoms with E-state index in [2.05, 4.69) is 6.07 Å². The van der Waals surface area contributed by atoms with E-state index >= 15 is 0 Å². The SMILES string of the molecule is CCO[C@@H](Cc1ccc(-c2cccc(CN(C)C(=O)c3ccc(OC)cc3)c2)cc1)C(=O)O. The van der Waals surface area contributed by atoms with Crippen LogP contribution >= 0.6 is 0 Å². The standard InChI is InChI=1S/C27H29NO5/c1-4-33-25(27(30)31)17-19-8-10-21(11-9-19)23-7-5-6-20(16-23)18-28(2)26(29)22-12-14-24(32-3)15-13-22/h5-16,25H,4,17-18H2,1-3H3,(H,30,31)/t25-/m0/s1. The number of ether oxygens (including phenoxy) is 2. The number of benzene rings is 3. The van der Waals surface area contributed by atoms with Gasteiger partial charge < -0.3 is 19.5 Å². The molecule has 0 heterocycles. The van der Waals surface area contributed by atoms with Crippen molar-refractivity contribution in [1.82, 2.24) is 4.90 Å². The molecule has 172 valence electrons. The number of carboxylic acid groups (broad SMARTS) is 1. The molecule has 6 nitrogen and oxygen atoms in total. The highest BCUT2D eigenvalue weighted by Gasteiger charge is 2.18. The Morgan fingerprint density at radius 1 is 0.939 bits per heavy atom. The Bertz CT molecular complexity index is 1080. The lowest BCUT2D eigenvalue weighted by molar-refractivity contribution is -0.149. The molecular weight excluding hydrogens is 418 g/mol. The predicted octanol–water partition coefficient (Wildman–Crippen LogP) is 4.67. The highest BCUT2D eigenvalue weighted by Crippen LogP contribution is 2.23. The number of carbonyl (C=O) groups excluding carboxylic acids is 1. The summed E-state index contributed by atoms with van der Waals surface area (Å²) in [5.74, 6) is -0.305. The molecule has 6 heteroatoms. The Morgan fingerprint density at radius 3 is 2.24 bits per heavy atom. The van der Waals surface area contributed by atoms with E-state index in [-0.39, 0.29) is 5.91 Å². The number of methoxy groups -OCH3 is 1. The number of carbonyl (C=O) groups is 2. The lowest BCUT2D eigenvalue weighted by Gasteiger charge is -2.18. The Kier molecular flexibility index (Phi) is 8.22. The van der Waals surface area contributed by atoms with Crippen LogP contribution in [0.2, 0.25) is 0 Å². The fraction of sp³-hybridized carbons (Fsp3) is 0.259. The molecule has 0 aliphatic heterocycles. The number of nitrogens with zero attached hydrogens (tertiary/aromatic N) is 1. The number of hydrogen-bond acceptors (Lipinski definition) is 4. The third kappa shape index (κ3) is 6.43. The minimum Gasteiger partial charge on any atom is -0.497 e. The highest BCUT2D eigenvalue weighted by molar-refractivity contribution is 5.94. The van der Waals surface area contributed by atoms with E-state index in [1.807, 2.05) is 42.5 Å². The van der Waals surface area contributed by atoms with Crippen molar-refractivity contribution in [3.05, 3.63) is 89.5 Å². The Morgan fingerprint density at radius 2 is 1.64 bits per heavy atom. The van der Waals surface area contributed by atoms with Crippen molar-refractivity contribution >= 4 is 11.9 Å². The molecule has 3 aromatic carbocycles. The molecule has 33 heavy (non-hydrogen) atoms. The summed E-state index contributed by atoms with van der Waals surface area (Å²) in [4.78, 5) is 25.8. The van der Waals surface area contributed by atoms with Crippen molar-refractivity contribution in [2.24, 2.45) is 0 Å². The van der Waals surface area contributed by atoms with Gasteiger partial charge in [-0.15, -0.1) is 0 Å². The first kappa shape index (κ1) is 24.0. The molecule has 0 aliphatic carbocycles. The molecule has 0 aliphatic rings. The smallest absolute Gasteiger partial charge is 0.333 e. The molecule has 3 aromatic rings. The Balaban J connectivity index is 1.68. The molecule has 1 N–H and O–H groups in total. The van der Waals surface area contributed by atoms with Crippen molar-refractivity contribution in [3.8, 4) is 16.9 Å². The van der Waals surface area contributed by atoms with E-state index in [9.17, 15) is 14.7 Å². The van der Waals surface area contributed by atoms with E-state index in [4.69, 9.17) is 9.47 Å². The van der Waals surface area contributed by atoms with Crippen LogP contribution in [0.5, 0.6) is 5.75 Å². The lowest BCUT2D eigenvalue weighted by Crippen LogP contribution is -2.26. The van der Waals surface area contributed by atoms with Crippen LogP contribution in [0.15, 0.2) is 72.8 Å². The van der Waals surface area contributed by atoms with E-state index in [1.54, 1.807) is 50.2 Å². The van der Waals surface area contributed by atoms with Crippen LogP contribution in [0.3, 0.4) is 0 Å². The zero-order chi connectivity index (χ0) is 23.8. The molecule has 3 rings (SSSR count). The van der Waals surface area contributed by atoms with Crippen molar-refractivity contribution < 1.29 is 24.2 Å². The monoisotopic (exact) mass is 447 g/mol. The van der Waals surface area contributed by atoms with Crippen LogP contribution in [0.25, 0.3) is 11.1 Å². The molecule has 1 amide bonds. The van der Waals surface area contributed by atoms with E-state index < -0.39 is 12.1 Å². The maximum atomic E-state index is 12.8. The van der Waals surface area contributed by atoms with Gasteiger partial charge in [0.25, 0.3) is 5.91 Å². The van der Waals surface area contributed by atoms with E-state index in [1.165, 1.54) is 0 Å². The Hall–Kier alpha value is -3.64. The van der Waals surface area contributed by atoms with Gasteiger partial charge in [0.1, 0.15) is 5.75 Å². The summed E-state index contributed by atoms with van der Waals surface area (Å²) >= 11 is 0. The summed E-state index contributed by atoms with van der Waals surface area (Å²) in [6.07, 6.45) is -0.523. The summed E-state index contributed by atoms with van der Waals surface area (Å²) < 4.78 is 10.5. The molecule has 0 unspecified atom stereocenters. The van der Waals surface area contributed by atoms with Gasteiger partial charge in [-0.1, -0.05) is 42.5 Å². The summed E-state index contributed by atoms with van der Waals surface area (Å²) in [5.41, 5.74) is 4.58. The lowest BCUT2D eigenvalue weighted by atomic mass is 9.99. The van der Waals surface area contributed by atoms with E-state index in [0.717, 1.165) is 22.3 Å². The quantitative estimate of drug-likeness (QED) is 0.489. The number of amides is 1. The largest absolute Gasteiger partial charge is 0.497 e. The fourth-order valence-electron chi connectivity index (χ4n) is 3.61. The van der Waals surface area contributed by atoms with Crippen LogP contribution in [0, 0.1) is 0 Å². The zero-order valence-electron chi connectivity index (χ0n) is 19.2. The maximum Gasteiger partial charge on any atom is 0.333 e. The molecule has 1 atom stereocenters. The van der Waals surface area contributed by atoms with Crippen LogP contribution in [0.4, 0.5) is 0 Å². The molecule has 0 saturated heterocycles. The second-order valence-electron chi connectivity index (χ2n) is 7.77. The van der Waals surface area contributed by atoms with Gasteiger partial charge in [0.2, 0.25) is 0 Å². The van der Waals surface area contributed by atoms with Crippen LogP contribution < -0.4 is 4.74 Å². The van der Waals surface area contributed by atoms with Crippen LogP contribution in [0.1, 0.15) is 28.4 Å². The first-order valence-corrected chi connectivity index (χ1v) is 10.8. The summed E-state index contributed by atoms with van der Waals surface area (Å²) in [6.45, 7) is 2.62. The second kappa shape index (κ2) is 11.3. The van der Waals surface area contributed by atoms with Gasteiger partial charge in [0.05, 0.1) is 7.11 Å². The van der Waals surface area contributed by atoms with Crippen molar-refractivity contribution in [1.29, 1.82) is 0 Å². The first-order chi connectivity index (χ1) is 15.9. The number of aliphatic carboxylic acids is 1. The van der Waals surface area contributed by atoms with Gasteiger partial charge >= 0.3 is 5.97 Å². The number of hydrogen-bond donors (Lipinski definition) is 1. The summed E-state index contributed by atoms with van der Waals surface area (Å²) in [7, 11) is 3.38. The average Bonchev–Trinajstić information content (AvgIpc) is 2.84. The number of rotatable bonds is 10. The molecular formula is C27H29NO5. The molecule has 0 saturated carbocycles. The van der Waals surface area contributed by atoms with Gasteiger partial charge in [-0.05, 0) is 59.5 Å². The molecule has 0 aromatic heterocycles. The second-order valence-corrected chi connectivity index (χ2v) is 7.77. The zero-order valence-corrected chi connectivity index (χ0v) is 19.2. The van der Waals surface area contributed by atoms with Gasteiger partial charge in [-0.2, -0.15) is 0 Å². The van der Waals surface area contributed by atoms with Gasteiger partial charge in [0.15, 0.2) is 6.10 Å². The number of carboxylic acids is 1. The summed E-state index contributed by atoms with van der Waals surface area (Å²) in [5, 5.41) is 9.28. The Labute approximate surface area is 194 Å². The van der Waals surface area contributed by atoms with Gasteiger partial charge in [0, 0.05) is 32.2 Å². The summed E-state index contributed by atoms with van der Waals surface area (Å²) in [6, 6.07) is 22.9. The molecule has 0 radical (unpaired) electrons. The van der Waals surface area contributed by atoms with E-state index in [0.29, 0.717) is 30.9 Å². The molecule has 0 spiro atoms. The van der Waals surface area contributed by atoms with Crippen molar-refractivity contribution in [2.45, 2.75) is 26.0 Å². The van der Waals surface area contributed by atoms with Crippen LogP contribution in [-0.4, -0.2) is 48.8 Å². The van der Waals surface area contributed by atoms with Gasteiger partial charge in [-0.25, -0.2) is 4.79 Å². The maximum absolute atomic E-state index is 12.8. The van der Waals surface area contributed by atoms with Crippen molar-refractivity contribution in [2.75, 3.05) is 20.8 Å². The topological polar surface area (TPSA) is 76.1 Å². The third-order valence-electron chi connectivity index (χ3n) is 5.38. The first-order valence-electron chi connectivity index (χ1n) is 10.8. The minimum atomic E-state index is -0.957. The van der Waals surface area contributed by atoms with Crippen LogP contribution in [-0.2, 0) is 22.5 Å². The molecule has 0 fully saturated rings. The van der Waals surface area contributed by atoms with Gasteiger partial charge in [-0.3, -0.25) is 4.79 Å². The predicted molar refractivity (Wildman–Crippen MR) is 127 cm³/mol.